The van der Waals surface area contributed by atoms with Gasteiger partial charge in [-0.1, -0.05) is 11.6 Å². The summed E-state index contributed by atoms with van der Waals surface area (Å²) in [6.07, 6.45) is 3.75. The van der Waals surface area contributed by atoms with E-state index in [0.717, 1.165) is 25.3 Å². The molecule has 3 heterocycles. The van der Waals surface area contributed by atoms with Crippen LogP contribution in [0.2, 0.25) is 5.02 Å². The van der Waals surface area contributed by atoms with Crippen LogP contribution < -0.4 is 10.3 Å². The number of amides is 1. The zero-order valence-electron chi connectivity index (χ0n) is 17.5. The van der Waals surface area contributed by atoms with Crippen LogP contribution in [0.15, 0.2) is 29.2 Å². The summed E-state index contributed by atoms with van der Waals surface area (Å²) in [6.45, 7) is 1.11. The maximum atomic E-state index is 15.0. The van der Waals surface area contributed by atoms with Crippen molar-refractivity contribution in [2.24, 2.45) is 0 Å². The molecule has 10 heteroatoms. The summed E-state index contributed by atoms with van der Waals surface area (Å²) < 4.78 is 29.6. The fourth-order valence-corrected chi connectivity index (χ4v) is 3.62. The maximum Gasteiger partial charge on any atom is 0.209 e. The summed E-state index contributed by atoms with van der Waals surface area (Å²) in [5, 5.41) is 9.01. The van der Waals surface area contributed by atoms with Crippen LogP contribution in [0.25, 0.3) is 22.2 Å². The lowest BCUT2D eigenvalue weighted by atomic mass is 10.1. The number of anilines is 1. The van der Waals surface area contributed by atoms with E-state index in [1.165, 1.54) is 23.2 Å². The molecule has 1 fully saturated rings. The predicted molar refractivity (Wildman–Crippen MR) is 119 cm³/mol. The Labute approximate surface area is 187 Å². The summed E-state index contributed by atoms with van der Waals surface area (Å²) in [6, 6.07) is 5.61. The monoisotopic (exact) mass is 459 g/mol. The molecule has 32 heavy (non-hydrogen) atoms. The van der Waals surface area contributed by atoms with Crippen molar-refractivity contribution in [1.29, 1.82) is 5.26 Å². The Kier molecular flexibility index (Phi) is 7.05. The summed E-state index contributed by atoms with van der Waals surface area (Å²) >= 11 is 6.12. The van der Waals surface area contributed by atoms with Gasteiger partial charge in [0.2, 0.25) is 6.41 Å². The number of benzene rings is 1. The third-order valence-electron chi connectivity index (χ3n) is 4.88. The van der Waals surface area contributed by atoms with E-state index in [4.69, 9.17) is 16.9 Å². The van der Waals surface area contributed by atoms with E-state index >= 15 is 0 Å². The van der Waals surface area contributed by atoms with Crippen LogP contribution in [0, 0.1) is 23.0 Å². The molecule has 0 unspecified atom stereocenters. The number of carbonyl (C=O) groups is 1. The number of H-pyrrole nitrogens is 1. The summed E-state index contributed by atoms with van der Waals surface area (Å²) in [5.74, 6) is -1.59. The molecule has 1 amide bonds. The largest absolute Gasteiger partial charge is 0.367 e. The fourth-order valence-electron chi connectivity index (χ4n) is 3.41. The summed E-state index contributed by atoms with van der Waals surface area (Å²) in [7, 11) is 3.38. The number of hydrogen-bond acceptors (Lipinski definition) is 5. The number of nitrogens with one attached hydrogen (secondary N) is 1. The first-order chi connectivity index (χ1) is 15.3. The minimum absolute atomic E-state index is 0.0295. The molecule has 4 rings (SSSR count). The molecule has 1 saturated heterocycles. The third kappa shape index (κ3) is 4.70. The van der Waals surface area contributed by atoms with Gasteiger partial charge in [-0.25, -0.2) is 13.8 Å². The Balaban J connectivity index is 0.000000523. The number of hydrogen-bond donors (Lipinski definition) is 1. The van der Waals surface area contributed by atoms with Crippen molar-refractivity contribution >= 4 is 34.6 Å². The third-order valence-corrected chi connectivity index (χ3v) is 5.18. The van der Waals surface area contributed by atoms with Crippen molar-refractivity contribution in [2.75, 3.05) is 32.1 Å². The Hall–Kier alpha value is -3.51. The predicted octanol–water partition coefficient (Wildman–Crippen LogP) is 3.70. The highest BCUT2D eigenvalue weighted by atomic mass is 35.5. The van der Waals surface area contributed by atoms with Gasteiger partial charge in [0.05, 0.1) is 21.6 Å². The molecule has 0 spiro atoms. The number of carbonyl (C=O) groups excluding carboxylic acids is 1. The van der Waals surface area contributed by atoms with Gasteiger partial charge in [0.25, 0.3) is 0 Å². The van der Waals surface area contributed by atoms with E-state index in [1.807, 2.05) is 6.07 Å². The molecule has 0 aliphatic carbocycles. The highest BCUT2D eigenvalue weighted by Gasteiger charge is 2.24. The molecule has 3 aromatic rings. The zero-order valence-corrected chi connectivity index (χ0v) is 18.2. The normalized spacial score (nSPS) is 12.8. The first-order valence-electron chi connectivity index (χ1n) is 9.74. The summed E-state index contributed by atoms with van der Waals surface area (Å²) in [4.78, 5) is 31.8. The summed E-state index contributed by atoms with van der Waals surface area (Å²) in [5.41, 5.74) is -0.00950. The quantitative estimate of drug-likeness (QED) is 0.603. The number of fused-ring (bicyclic) bond motifs is 1. The molecule has 1 aliphatic rings. The van der Waals surface area contributed by atoms with Crippen LogP contribution in [0.4, 0.5) is 14.5 Å². The minimum Gasteiger partial charge on any atom is -0.367 e. The van der Waals surface area contributed by atoms with E-state index in [0.29, 0.717) is 18.7 Å². The lowest BCUT2D eigenvalue weighted by Gasteiger charge is -2.20. The Morgan fingerprint density at radius 2 is 1.91 bits per heavy atom. The Bertz CT molecular complexity index is 1260. The standard InChI is InChI=1S/C19H13ClF2N4O.C3H7NO/c20-12-9-24-10(8-23)5-11(12)14-7-16(27)17-15(25-14)6-13(21)19(18(17)22)26-3-1-2-4-26;1-4(2)3-5/h5-7,9H,1-4H2,(H,25,27);3H,1-2H3. The van der Waals surface area contributed by atoms with Gasteiger partial charge in [0.1, 0.15) is 17.5 Å². The van der Waals surface area contributed by atoms with Crippen LogP contribution >= 0.6 is 11.6 Å². The topological polar surface area (TPSA) is 93.1 Å². The Morgan fingerprint density at radius 3 is 2.50 bits per heavy atom. The fraction of sp³-hybridized carbons (Fsp3) is 0.273. The second kappa shape index (κ2) is 9.75. The molecular formula is C22H20ClF2N5O2. The van der Waals surface area contributed by atoms with Crippen LogP contribution in [0.1, 0.15) is 18.5 Å². The van der Waals surface area contributed by atoms with E-state index < -0.39 is 17.1 Å². The van der Waals surface area contributed by atoms with Gasteiger partial charge in [0.15, 0.2) is 17.1 Å². The van der Waals surface area contributed by atoms with E-state index in [9.17, 15) is 18.4 Å². The van der Waals surface area contributed by atoms with Gasteiger partial charge in [-0.3, -0.25) is 9.59 Å². The van der Waals surface area contributed by atoms with Crippen molar-refractivity contribution < 1.29 is 13.6 Å². The first kappa shape index (κ1) is 23.2. The zero-order chi connectivity index (χ0) is 23.4. The number of rotatable bonds is 3. The van der Waals surface area contributed by atoms with Crippen molar-refractivity contribution in [2.45, 2.75) is 12.8 Å². The lowest BCUT2D eigenvalue weighted by Crippen LogP contribution is -2.21. The lowest BCUT2D eigenvalue weighted by molar-refractivity contribution is -0.115. The number of nitriles is 1. The van der Waals surface area contributed by atoms with Crippen molar-refractivity contribution in [3.8, 4) is 17.3 Å². The average Bonchev–Trinajstić information content (AvgIpc) is 3.28. The maximum absolute atomic E-state index is 15.0. The second-order valence-corrected chi connectivity index (χ2v) is 7.82. The molecule has 7 nitrogen and oxygen atoms in total. The molecule has 0 atom stereocenters. The number of nitrogens with zero attached hydrogens (tertiary/aromatic N) is 4. The van der Waals surface area contributed by atoms with Crippen molar-refractivity contribution in [3.05, 3.63) is 57.0 Å². The van der Waals surface area contributed by atoms with Gasteiger partial charge >= 0.3 is 0 Å². The van der Waals surface area contributed by atoms with Gasteiger partial charge in [-0.15, -0.1) is 0 Å². The molecule has 1 aliphatic heterocycles. The van der Waals surface area contributed by atoms with E-state index in [1.54, 1.807) is 19.0 Å². The van der Waals surface area contributed by atoms with Gasteiger partial charge in [-0.2, -0.15) is 5.26 Å². The smallest absolute Gasteiger partial charge is 0.209 e. The number of pyridine rings is 2. The molecule has 0 bridgehead atoms. The van der Waals surface area contributed by atoms with Crippen LogP contribution in [0.5, 0.6) is 0 Å². The van der Waals surface area contributed by atoms with E-state index in [-0.39, 0.29) is 33.0 Å². The average molecular weight is 460 g/mol. The highest BCUT2D eigenvalue weighted by Crippen LogP contribution is 2.32. The van der Waals surface area contributed by atoms with Gasteiger partial charge < -0.3 is 14.8 Å². The van der Waals surface area contributed by atoms with Crippen molar-refractivity contribution in [1.82, 2.24) is 14.9 Å². The van der Waals surface area contributed by atoms with Crippen LogP contribution in [-0.4, -0.2) is 48.5 Å². The molecule has 166 valence electrons. The van der Waals surface area contributed by atoms with E-state index in [2.05, 4.69) is 9.97 Å². The minimum atomic E-state index is -0.863. The first-order valence-corrected chi connectivity index (χ1v) is 10.1. The number of aromatic nitrogens is 2. The van der Waals surface area contributed by atoms with Crippen molar-refractivity contribution in [3.63, 3.8) is 0 Å². The molecular weight excluding hydrogens is 440 g/mol. The number of aromatic amines is 1. The number of halogens is 3. The SMILES string of the molecule is CN(C)C=O.N#Cc1cc(-c2cc(=O)c3c(F)c(N4CCCC4)c(F)cc3[nH]2)c(Cl)cn1. The molecule has 0 saturated carbocycles. The highest BCUT2D eigenvalue weighted by molar-refractivity contribution is 6.33. The van der Waals surface area contributed by atoms with Crippen LogP contribution in [0.3, 0.4) is 0 Å². The van der Waals surface area contributed by atoms with Gasteiger partial charge in [-0.05, 0) is 18.9 Å². The van der Waals surface area contributed by atoms with Crippen LogP contribution in [-0.2, 0) is 4.79 Å². The molecule has 0 radical (unpaired) electrons. The second-order valence-electron chi connectivity index (χ2n) is 7.42. The molecule has 2 aromatic heterocycles. The van der Waals surface area contributed by atoms with Gasteiger partial charge in [0, 0.05) is 51.1 Å². The molecule has 1 N–H and O–H groups in total. The molecule has 1 aromatic carbocycles. The Morgan fingerprint density at radius 1 is 1.25 bits per heavy atom.